The second-order valence-electron chi connectivity index (χ2n) is 3.15. The first-order chi connectivity index (χ1) is 7.74. The molecule has 0 aliphatic heterocycles. The van der Waals surface area contributed by atoms with Crippen LogP contribution in [0.5, 0.6) is 11.5 Å². The summed E-state index contributed by atoms with van der Waals surface area (Å²) < 4.78 is 2.78. The number of aromatic hydroxyl groups is 2. The normalized spacial score (nSPS) is 10.2. The van der Waals surface area contributed by atoms with Crippen molar-refractivity contribution in [3.8, 4) is 11.5 Å². The van der Waals surface area contributed by atoms with E-state index in [1.54, 1.807) is 24.3 Å². The van der Waals surface area contributed by atoms with Gasteiger partial charge in [-0.15, -0.1) is 0 Å². The van der Waals surface area contributed by atoms with Gasteiger partial charge in [0.2, 0.25) is 0 Å². The summed E-state index contributed by atoms with van der Waals surface area (Å²) in [4.78, 5) is 0. The first-order valence-electron chi connectivity index (χ1n) is 4.66. The monoisotopic (exact) mass is 446 g/mol. The van der Waals surface area contributed by atoms with Gasteiger partial charge in [0.15, 0.2) is 0 Å². The van der Waals surface area contributed by atoms with Crippen LogP contribution < -0.4 is 7.22 Å². The summed E-state index contributed by atoms with van der Waals surface area (Å²) in [6.07, 6.45) is 0. The number of hydrogen-bond donors (Lipinski definition) is 2. The summed E-state index contributed by atoms with van der Waals surface area (Å²) in [6, 6.07) is 15.1. The maximum absolute atomic E-state index is 9.17. The third-order valence-electron chi connectivity index (χ3n) is 1.91. The van der Waals surface area contributed by atoms with Crippen LogP contribution in [0.25, 0.3) is 0 Å². The second-order valence-corrected chi connectivity index (χ2v) is 13.2. The zero-order chi connectivity index (χ0) is 11.4. The fourth-order valence-corrected chi connectivity index (χ4v) is 11.0. The molecule has 2 nitrogen and oxygen atoms in total. The third-order valence-corrected chi connectivity index (χ3v) is 13.8. The van der Waals surface area contributed by atoms with Crippen molar-refractivity contribution in [3.63, 3.8) is 0 Å². The van der Waals surface area contributed by atoms with E-state index in [4.69, 9.17) is 10.2 Å². The molecule has 0 unspecified atom stereocenters. The van der Waals surface area contributed by atoms with E-state index in [2.05, 4.69) is 0 Å². The van der Waals surface area contributed by atoms with Crippen LogP contribution in [-0.2, 0) is 0 Å². The van der Waals surface area contributed by atoms with E-state index in [-0.39, 0.29) is 34.1 Å². The van der Waals surface area contributed by atoms with Gasteiger partial charge in [0.25, 0.3) is 0 Å². The summed E-state index contributed by atoms with van der Waals surface area (Å²) in [7, 11) is 0. The summed E-state index contributed by atoms with van der Waals surface area (Å²) in [5.74, 6) is 0.669. The Bertz CT molecular complexity index is 406. The van der Waals surface area contributed by atoms with E-state index in [1.807, 2.05) is 24.3 Å². The van der Waals surface area contributed by atoms with Crippen molar-refractivity contribution in [2.45, 2.75) is 0 Å². The Morgan fingerprint density at radius 3 is 1.19 bits per heavy atom. The Balaban J connectivity index is 1.97. The second kappa shape index (κ2) is 5.80. The molecule has 0 radical (unpaired) electrons. The first-order valence-corrected chi connectivity index (χ1v) is 14.3. The van der Waals surface area contributed by atoms with Crippen molar-refractivity contribution in [1.29, 1.82) is 0 Å². The van der Waals surface area contributed by atoms with Crippen LogP contribution in [0.15, 0.2) is 48.5 Å². The van der Waals surface area contributed by atoms with Crippen LogP contribution in [0, 0.1) is 0 Å². The van der Waals surface area contributed by atoms with E-state index in [9.17, 15) is 0 Å². The van der Waals surface area contributed by atoms with Crippen molar-refractivity contribution >= 4 is 41.3 Å². The molecule has 0 aromatic heterocycles. The topological polar surface area (TPSA) is 40.5 Å². The van der Waals surface area contributed by atoms with Gasteiger partial charge in [-0.05, 0) is 0 Å². The molecule has 0 amide bonds. The number of benzene rings is 2. The molecule has 0 aliphatic rings. The molecule has 2 rings (SSSR count). The zero-order valence-corrected chi connectivity index (χ0v) is 13.0. The molecule has 2 aromatic carbocycles. The molecule has 0 saturated carbocycles. The number of hydrogen-bond acceptors (Lipinski definition) is 2. The van der Waals surface area contributed by atoms with E-state index < -0.39 is 0 Å². The van der Waals surface area contributed by atoms with E-state index >= 15 is 0 Å². The van der Waals surface area contributed by atoms with Crippen molar-refractivity contribution in [2.75, 3.05) is 0 Å². The minimum atomic E-state index is -0.120. The first kappa shape index (κ1) is 12.1. The molecule has 0 atom stereocenters. The van der Waals surface area contributed by atoms with Crippen LogP contribution in [0.4, 0.5) is 0 Å². The fraction of sp³-hybridized carbons (Fsp3) is 0. The van der Waals surface area contributed by atoms with Crippen LogP contribution in [0.1, 0.15) is 0 Å². The summed E-state index contributed by atoms with van der Waals surface area (Å²) >= 11 is -0.239. The zero-order valence-electron chi connectivity index (χ0n) is 8.33. The predicted octanol–water partition coefficient (Wildman–Crippen LogP) is 0.372. The Morgan fingerprint density at radius 1 is 0.562 bits per heavy atom. The molecule has 0 aliphatic carbocycles. The Labute approximate surface area is 111 Å². The van der Waals surface area contributed by atoms with E-state index in [1.165, 1.54) is 7.22 Å². The van der Waals surface area contributed by atoms with Gasteiger partial charge in [0.05, 0.1) is 0 Å². The van der Waals surface area contributed by atoms with Gasteiger partial charge in [0, 0.05) is 0 Å². The molecule has 16 heavy (non-hydrogen) atoms. The molecule has 0 spiro atoms. The molecule has 0 saturated heterocycles. The molecule has 2 N–H and O–H groups in total. The SMILES string of the molecule is Oc1ccc([Te][Te]c2ccc(O)cc2)cc1. The molecular formula is C12H10O2Te2. The van der Waals surface area contributed by atoms with Crippen LogP contribution in [0.3, 0.4) is 0 Å². The Kier molecular flexibility index (Phi) is 4.38. The molecule has 0 fully saturated rings. The Hall–Kier alpha value is -0.381. The van der Waals surface area contributed by atoms with E-state index in [0.717, 1.165) is 0 Å². The van der Waals surface area contributed by atoms with Gasteiger partial charge in [-0.25, -0.2) is 0 Å². The molecule has 0 heterocycles. The average Bonchev–Trinajstić information content (AvgIpc) is 2.30. The van der Waals surface area contributed by atoms with Crippen LogP contribution in [-0.4, -0.2) is 44.3 Å². The van der Waals surface area contributed by atoms with Gasteiger partial charge >= 0.3 is 112 Å². The number of rotatable bonds is 3. The molecule has 82 valence electrons. The van der Waals surface area contributed by atoms with Crippen LogP contribution >= 0.6 is 0 Å². The quantitative estimate of drug-likeness (QED) is 0.677. The van der Waals surface area contributed by atoms with Crippen molar-refractivity contribution in [1.82, 2.24) is 0 Å². The number of phenols is 2. The number of phenolic OH excluding ortho intramolecular Hbond substituents is 2. The molecule has 2 aromatic rings. The Morgan fingerprint density at radius 2 is 0.875 bits per heavy atom. The maximum atomic E-state index is 9.17. The van der Waals surface area contributed by atoms with Crippen molar-refractivity contribution in [3.05, 3.63) is 48.5 Å². The van der Waals surface area contributed by atoms with Crippen LogP contribution in [0.2, 0.25) is 0 Å². The summed E-state index contributed by atoms with van der Waals surface area (Å²) in [5, 5.41) is 18.3. The summed E-state index contributed by atoms with van der Waals surface area (Å²) in [6.45, 7) is 0. The predicted molar refractivity (Wildman–Crippen MR) is 67.0 cm³/mol. The standard InChI is InChI=1S/C12H10O2Te2/c13-9-1-5-11(6-2-9)15-16-12-7-3-10(14)4-8-12/h1-8,13-14H. The molecule has 4 heteroatoms. The van der Waals surface area contributed by atoms with Gasteiger partial charge < -0.3 is 0 Å². The minimum absolute atomic E-state index is 0.120. The molecular weight excluding hydrogens is 431 g/mol. The van der Waals surface area contributed by atoms with Gasteiger partial charge in [0.1, 0.15) is 0 Å². The van der Waals surface area contributed by atoms with Gasteiger partial charge in [-0.3, -0.25) is 0 Å². The van der Waals surface area contributed by atoms with Gasteiger partial charge in [-0.1, -0.05) is 0 Å². The van der Waals surface area contributed by atoms with E-state index in [0.29, 0.717) is 11.5 Å². The fourth-order valence-electron chi connectivity index (χ4n) is 1.10. The average molecular weight is 441 g/mol. The van der Waals surface area contributed by atoms with Crippen molar-refractivity contribution in [2.24, 2.45) is 0 Å². The van der Waals surface area contributed by atoms with Crippen molar-refractivity contribution < 1.29 is 10.2 Å². The van der Waals surface area contributed by atoms with Gasteiger partial charge in [-0.2, -0.15) is 0 Å². The molecule has 0 bridgehead atoms. The summed E-state index contributed by atoms with van der Waals surface area (Å²) in [5.41, 5.74) is 0. The third kappa shape index (κ3) is 3.58.